The molecule has 24 heteroatoms. The van der Waals surface area contributed by atoms with Gasteiger partial charge in [0.25, 0.3) is 5.91 Å². The first-order valence-electron chi connectivity index (χ1n) is 14.4. The van der Waals surface area contributed by atoms with Crippen LogP contribution in [0.2, 0.25) is 0 Å². The van der Waals surface area contributed by atoms with Gasteiger partial charge in [-0.05, 0) is 52.0 Å². The topological polar surface area (TPSA) is 51.7 Å². The molecule has 0 aliphatic carbocycles. The number of carbonyl (C=O) groups is 1. The Hall–Kier alpha value is -3.57. The molecule has 0 saturated carbocycles. The van der Waals surface area contributed by atoms with Crippen molar-refractivity contribution in [2.24, 2.45) is 0 Å². The van der Waals surface area contributed by atoms with E-state index < -0.39 is 73.0 Å². The van der Waals surface area contributed by atoms with Gasteiger partial charge < -0.3 is 14.4 Å². The summed E-state index contributed by atoms with van der Waals surface area (Å²) in [5, 5.41) is 1.76. The first kappa shape index (κ1) is 44.8. The van der Waals surface area contributed by atoms with E-state index in [1.807, 2.05) is 0 Å². The second-order valence-electron chi connectivity index (χ2n) is 11.2. The first-order valence-corrected chi connectivity index (χ1v) is 16.1. The number of halogens is 18. The fraction of sp³-hybridized carbons (Fsp3) is 0.467. The fourth-order valence-electron chi connectivity index (χ4n) is 4.49. The second kappa shape index (κ2) is 15.5. The van der Waals surface area contributed by atoms with Crippen molar-refractivity contribution in [1.29, 1.82) is 0 Å². The van der Waals surface area contributed by atoms with E-state index in [0.29, 0.717) is 10.0 Å². The summed E-state index contributed by atoms with van der Waals surface area (Å²) in [7, 11) is 1.16. The SMILES string of the molecule is COc1cc(OCCCC(F)(F)C(F)(F)C(F)(F)C(F)(F)C(F)(F)C(F)(F)C(F)(F)C(F)(F)F)ccc1CN(Cc1cccs1)C(=O)c1cncc(Br)c1. The number of hydrogen-bond donors (Lipinski definition) is 0. The molecule has 1 amide bonds. The van der Waals surface area contributed by atoms with Crippen LogP contribution in [0.3, 0.4) is 0 Å². The van der Waals surface area contributed by atoms with Crippen molar-refractivity contribution >= 4 is 33.2 Å². The van der Waals surface area contributed by atoms with Crippen LogP contribution in [0.5, 0.6) is 11.5 Å². The van der Waals surface area contributed by atoms with Crippen molar-refractivity contribution in [3.8, 4) is 11.5 Å². The van der Waals surface area contributed by atoms with Gasteiger partial charge in [-0.1, -0.05) is 6.07 Å². The van der Waals surface area contributed by atoms with Crippen LogP contribution in [0.25, 0.3) is 0 Å². The molecule has 0 fully saturated rings. The Labute approximate surface area is 305 Å². The summed E-state index contributed by atoms with van der Waals surface area (Å²) in [5.74, 6) is -57.4. The average Bonchev–Trinajstić information content (AvgIpc) is 3.58. The van der Waals surface area contributed by atoms with E-state index in [1.165, 1.54) is 40.8 Å². The molecule has 0 bridgehead atoms. The monoisotopic (exact) mass is 892 g/mol. The number of alkyl halides is 17. The molecule has 2 aromatic heterocycles. The summed E-state index contributed by atoms with van der Waals surface area (Å²) in [6.45, 7) is -1.14. The van der Waals surface area contributed by atoms with Crippen molar-refractivity contribution in [3.63, 3.8) is 0 Å². The maximum absolute atomic E-state index is 14.3. The number of aromatic nitrogens is 1. The highest BCUT2D eigenvalue weighted by atomic mass is 79.9. The van der Waals surface area contributed by atoms with Crippen molar-refractivity contribution < 1.29 is 88.9 Å². The predicted octanol–water partition coefficient (Wildman–Crippen LogP) is 10.9. The maximum Gasteiger partial charge on any atom is 0.460 e. The lowest BCUT2D eigenvalue weighted by Gasteiger charge is -2.42. The summed E-state index contributed by atoms with van der Waals surface area (Å²) < 4.78 is 240. The lowest BCUT2D eigenvalue weighted by Crippen LogP contribution is -2.74. The van der Waals surface area contributed by atoms with E-state index in [4.69, 9.17) is 9.47 Å². The van der Waals surface area contributed by atoms with Crippen molar-refractivity contribution in [2.45, 2.75) is 73.6 Å². The Balaban J connectivity index is 1.76. The Kier molecular flexibility index (Phi) is 12.9. The van der Waals surface area contributed by atoms with E-state index in [0.717, 1.165) is 24.1 Å². The number of nitrogens with zero attached hydrogens (tertiary/aromatic N) is 2. The number of thiophene rings is 1. The van der Waals surface area contributed by atoms with E-state index in [-0.39, 0.29) is 30.2 Å². The van der Waals surface area contributed by atoms with Crippen molar-refractivity contribution in [1.82, 2.24) is 9.88 Å². The van der Waals surface area contributed by atoms with E-state index in [1.54, 1.807) is 17.5 Å². The highest BCUT2D eigenvalue weighted by molar-refractivity contribution is 9.10. The van der Waals surface area contributed by atoms with Gasteiger partial charge in [0.05, 0.1) is 32.4 Å². The highest BCUT2D eigenvalue weighted by Crippen LogP contribution is 2.64. The number of amides is 1. The quantitative estimate of drug-likeness (QED) is 0.100. The van der Waals surface area contributed by atoms with Crippen LogP contribution in [0.15, 0.2) is 58.6 Å². The predicted molar refractivity (Wildman–Crippen MR) is 158 cm³/mol. The zero-order chi connectivity index (χ0) is 41.3. The van der Waals surface area contributed by atoms with Crippen LogP contribution in [-0.2, 0) is 13.1 Å². The van der Waals surface area contributed by atoms with Crippen molar-refractivity contribution in [2.75, 3.05) is 13.7 Å². The minimum atomic E-state index is -8.68. The molecular formula is C30H22BrF17N2O3S. The molecule has 1 aromatic carbocycles. The van der Waals surface area contributed by atoms with Crippen LogP contribution in [-0.4, -0.2) is 77.1 Å². The molecule has 3 rings (SSSR count). The Morgan fingerprint density at radius 1 is 0.759 bits per heavy atom. The summed E-state index contributed by atoms with van der Waals surface area (Å²) in [4.78, 5) is 19.5. The normalized spacial score (nSPS) is 13.9. The van der Waals surface area contributed by atoms with Gasteiger partial charge in [-0.25, -0.2) is 0 Å². The third-order valence-corrected chi connectivity index (χ3v) is 8.77. The van der Waals surface area contributed by atoms with Gasteiger partial charge in [0.1, 0.15) is 11.5 Å². The van der Waals surface area contributed by atoms with Gasteiger partial charge in [0.15, 0.2) is 0 Å². The van der Waals surface area contributed by atoms with Crippen molar-refractivity contribution in [3.05, 3.63) is 74.6 Å². The molecule has 0 saturated heterocycles. The molecule has 0 atom stereocenters. The minimum Gasteiger partial charge on any atom is -0.496 e. The van der Waals surface area contributed by atoms with Gasteiger partial charge >= 0.3 is 47.6 Å². The average molecular weight is 893 g/mol. The second-order valence-corrected chi connectivity index (χ2v) is 13.2. The first-order chi connectivity index (χ1) is 24.5. The van der Waals surface area contributed by atoms with Gasteiger partial charge in [0, 0.05) is 39.8 Å². The number of carbonyl (C=O) groups excluding carboxylic acids is 1. The molecule has 0 spiro atoms. The molecule has 54 heavy (non-hydrogen) atoms. The molecule has 0 aliphatic rings. The molecule has 0 unspecified atom stereocenters. The van der Waals surface area contributed by atoms with Gasteiger partial charge in [-0.2, -0.15) is 74.6 Å². The Morgan fingerprint density at radius 2 is 1.33 bits per heavy atom. The van der Waals surface area contributed by atoms with Crippen LogP contribution < -0.4 is 9.47 Å². The summed E-state index contributed by atoms with van der Waals surface area (Å²) >= 11 is 4.54. The molecule has 2 heterocycles. The largest absolute Gasteiger partial charge is 0.496 e. The van der Waals surface area contributed by atoms with Crippen LogP contribution in [0.1, 0.15) is 33.6 Å². The molecule has 5 nitrogen and oxygen atoms in total. The standard InChI is InChI=1S/C30H22BrF17N2O3S/c1-52-21-11-19(6-5-16(21)14-50(15-20-4-2-9-54-20)22(51)17-10-18(31)13-49-12-17)53-8-3-7-23(32,33)24(34,35)25(36,37)26(38,39)27(40,41)28(42,43)29(44,45)30(46,47)48/h2,4-6,9-13H,3,7-8,14-15H2,1H3. The molecule has 3 aromatic rings. The highest BCUT2D eigenvalue weighted by Gasteiger charge is 2.95. The number of pyridine rings is 1. The molecule has 302 valence electrons. The fourth-order valence-corrected chi connectivity index (χ4v) is 5.57. The molecule has 0 N–H and O–H groups in total. The van der Waals surface area contributed by atoms with Crippen LogP contribution in [0.4, 0.5) is 74.6 Å². The lowest BCUT2D eigenvalue weighted by atomic mass is 9.88. The van der Waals surface area contributed by atoms with Gasteiger partial charge in [-0.3, -0.25) is 9.78 Å². The summed E-state index contributed by atoms with van der Waals surface area (Å²) in [5.41, 5.74) is 0.515. The van der Waals surface area contributed by atoms with Gasteiger partial charge in [-0.15, -0.1) is 11.3 Å². The smallest absolute Gasteiger partial charge is 0.460 e. The minimum absolute atomic E-state index is 0.00332. The number of methoxy groups -OCH3 is 1. The van der Waals surface area contributed by atoms with Gasteiger partial charge in [0.2, 0.25) is 0 Å². The maximum atomic E-state index is 14.3. The zero-order valence-corrected chi connectivity index (χ0v) is 29.0. The van der Waals surface area contributed by atoms with Crippen LogP contribution in [0, 0.1) is 0 Å². The zero-order valence-electron chi connectivity index (χ0n) is 26.6. The lowest BCUT2D eigenvalue weighted by molar-refractivity contribution is -0.461. The summed E-state index contributed by atoms with van der Waals surface area (Å²) in [6, 6.07) is 8.55. The van der Waals surface area contributed by atoms with Crippen LogP contribution >= 0.6 is 27.3 Å². The third-order valence-electron chi connectivity index (χ3n) is 7.48. The Morgan fingerprint density at radius 3 is 1.85 bits per heavy atom. The summed E-state index contributed by atoms with van der Waals surface area (Å²) in [6.07, 6.45) is -9.17. The number of ether oxygens (including phenoxy) is 2. The number of benzene rings is 1. The Bertz CT molecular complexity index is 1750. The van der Waals surface area contributed by atoms with E-state index >= 15 is 0 Å². The molecular weight excluding hydrogens is 871 g/mol. The van der Waals surface area contributed by atoms with E-state index in [9.17, 15) is 79.4 Å². The molecule has 0 aliphatic heterocycles. The third kappa shape index (κ3) is 8.18. The number of hydrogen-bond acceptors (Lipinski definition) is 5. The molecule has 0 radical (unpaired) electrons. The van der Waals surface area contributed by atoms with E-state index in [2.05, 4.69) is 20.9 Å². The number of rotatable bonds is 17.